The molecule has 0 aliphatic heterocycles. The minimum Gasteiger partial charge on any atom is -0.465 e. The van der Waals surface area contributed by atoms with E-state index < -0.39 is 5.97 Å². The lowest BCUT2D eigenvalue weighted by molar-refractivity contribution is 0.0602. The molecule has 1 heterocycles. The maximum Gasteiger partial charge on any atom is 0.340 e. The van der Waals surface area contributed by atoms with E-state index in [1.165, 1.54) is 7.11 Å². The molecule has 0 atom stereocenters. The van der Waals surface area contributed by atoms with Crippen molar-refractivity contribution < 1.29 is 9.53 Å². The van der Waals surface area contributed by atoms with Crippen molar-refractivity contribution >= 4 is 34.3 Å². The van der Waals surface area contributed by atoms with Crippen LogP contribution in [0.1, 0.15) is 16.2 Å². The number of methoxy groups -OCH3 is 1. The lowest BCUT2D eigenvalue weighted by Crippen LogP contribution is -2.06. The molecule has 1 aromatic heterocycles. The predicted molar refractivity (Wildman–Crippen MR) is 66.2 cm³/mol. The third-order valence-corrected chi connectivity index (χ3v) is 3.15. The summed E-state index contributed by atoms with van der Waals surface area (Å²) >= 11 is 6.16. The van der Waals surface area contributed by atoms with Crippen LogP contribution < -0.4 is 5.73 Å². The van der Waals surface area contributed by atoms with Crippen LogP contribution in [0.3, 0.4) is 0 Å². The summed E-state index contributed by atoms with van der Waals surface area (Å²) in [5, 5.41) is 0.325. The number of anilines is 1. The SMILES string of the molecule is COC(=O)c1cc2nc(C)n(C)c2c(Cl)c1N. The Kier molecular flexibility index (Phi) is 2.71. The third kappa shape index (κ3) is 1.63. The Morgan fingerprint density at radius 1 is 1.59 bits per heavy atom. The van der Waals surface area contributed by atoms with Crippen molar-refractivity contribution in [2.24, 2.45) is 7.05 Å². The first kappa shape index (κ1) is 11.7. The van der Waals surface area contributed by atoms with E-state index in [9.17, 15) is 4.79 Å². The van der Waals surface area contributed by atoms with Crippen LogP contribution in [0.15, 0.2) is 6.07 Å². The standard InChI is InChI=1S/C11H12ClN3O2/c1-5-14-7-4-6(11(16)17-3)9(13)8(12)10(7)15(5)2/h4H,13H2,1-3H3. The van der Waals surface area contributed by atoms with Crippen LogP contribution in [0, 0.1) is 6.92 Å². The van der Waals surface area contributed by atoms with E-state index in [4.69, 9.17) is 17.3 Å². The molecular weight excluding hydrogens is 242 g/mol. The van der Waals surface area contributed by atoms with Gasteiger partial charge in [-0.1, -0.05) is 11.6 Å². The average Bonchev–Trinajstić information content (AvgIpc) is 2.59. The molecule has 0 bridgehead atoms. The molecule has 2 aromatic rings. The molecule has 5 nitrogen and oxygen atoms in total. The second-order valence-corrected chi connectivity index (χ2v) is 4.11. The van der Waals surface area contributed by atoms with Gasteiger partial charge in [0.2, 0.25) is 0 Å². The van der Waals surface area contributed by atoms with Crippen molar-refractivity contribution in [2.75, 3.05) is 12.8 Å². The molecule has 90 valence electrons. The Hall–Kier alpha value is -1.75. The predicted octanol–water partition coefficient (Wildman–Crippen LogP) is 1.90. The van der Waals surface area contributed by atoms with Gasteiger partial charge in [-0.2, -0.15) is 0 Å². The minimum atomic E-state index is -0.519. The molecule has 0 aliphatic carbocycles. The highest BCUT2D eigenvalue weighted by Crippen LogP contribution is 2.32. The molecule has 17 heavy (non-hydrogen) atoms. The number of halogens is 1. The van der Waals surface area contributed by atoms with Gasteiger partial charge in [0.1, 0.15) is 5.82 Å². The lowest BCUT2D eigenvalue weighted by atomic mass is 10.1. The third-order valence-electron chi connectivity index (χ3n) is 2.77. The van der Waals surface area contributed by atoms with E-state index in [0.29, 0.717) is 16.1 Å². The molecule has 0 saturated carbocycles. The Morgan fingerprint density at radius 2 is 2.24 bits per heavy atom. The summed E-state index contributed by atoms with van der Waals surface area (Å²) < 4.78 is 6.47. The molecule has 2 N–H and O–H groups in total. The van der Waals surface area contributed by atoms with Crippen molar-refractivity contribution in [2.45, 2.75) is 6.92 Å². The summed E-state index contributed by atoms with van der Waals surface area (Å²) in [6.07, 6.45) is 0. The van der Waals surface area contributed by atoms with Crippen molar-refractivity contribution in [3.8, 4) is 0 Å². The van der Waals surface area contributed by atoms with E-state index >= 15 is 0 Å². The fourth-order valence-electron chi connectivity index (χ4n) is 1.74. The summed E-state index contributed by atoms with van der Waals surface area (Å²) in [6.45, 7) is 1.85. The van der Waals surface area contributed by atoms with Crippen molar-refractivity contribution in [1.29, 1.82) is 0 Å². The van der Waals surface area contributed by atoms with E-state index in [1.54, 1.807) is 6.07 Å². The Labute approximate surface area is 103 Å². The summed E-state index contributed by atoms with van der Waals surface area (Å²) in [6, 6.07) is 1.59. The molecule has 0 amide bonds. The number of aromatic nitrogens is 2. The highest BCUT2D eigenvalue weighted by Gasteiger charge is 2.19. The number of aryl methyl sites for hydroxylation is 2. The fraction of sp³-hybridized carbons (Fsp3) is 0.273. The van der Waals surface area contributed by atoms with Gasteiger partial charge in [-0.3, -0.25) is 0 Å². The molecule has 0 fully saturated rings. The normalized spacial score (nSPS) is 10.8. The van der Waals surface area contributed by atoms with E-state index in [-0.39, 0.29) is 11.3 Å². The van der Waals surface area contributed by atoms with Crippen LogP contribution in [-0.4, -0.2) is 22.6 Å². The molecule has 1 aromatic carbocycles. The topological polar surface area (TPSA) is 70.1 Å². The van der Waals surface area contributed by atoms with Crippen molar-refractivity contribution in [1.82, 2.24) is 9.55 Å². The second-order valence-electron chi connectivity index (χ2n) is 3.73. The fourth-order valence-corrected chi connectivity index (χ4v) is 2.06. The quantitative estimate of drug-likeness (QED) is 0.623. The van der Waals surface area contributed by atoms with Gasteiger partial charge in [-0.15, -0.1) is 0 Å². The van der Waals surface area contributed by atoms with Gasteiger partial charge < -0.3 is 15.0 Å². The number of esters is 1. The number of nitrogens with zero attached hydrogens (tertiary/aromatic N) is 2. The van der Waals surface area contributed by atoms with E-state index in [2.05, 4.69) is 9.72 Å². The van der Waals surface area contributed by atoms with E-state index in [0.717, 1.165) is 5.82 Å². The molecule has 6 heteroatoms. The largest absolute Gasteiger partial charge is 0.465 e. The molecule has 0 saturated heterocycles. The van der Waals surface area contributed by atoms with E-state index in [1.807, 2.05) is 18.5 Å². The number of fused-ring (bicyclic) bond motifs is 1. The minimum absolute atomic E-state index is 0.217. The summed E-state index contributed by atoms with van der Waals surface area (Å²) in [5.41, 5.74) is 7.63. The molecule has 0 radical (unpaired) electrons. The molecule has 2 rings (SSSR count). The second kappa shape index (κ2) is 3.92. The number of ether oxygens (including phenoxy) is 1. The smallest absolute Gasteiger partial charge is 0.340 e. The maximum absolute atomic E-state index is 11.5. The number of imidazole rings is 1. The van der Waals surface area contributed by atoms with Crippen LogP contribution in [0.25, 0.3) is 11.0 Å². The highest BCUT2D eigenvalue weighted by molar-refractivity contribution is 6.38. The van der Waals surface area contributed by atoms with Crippen LogP contribution in [-0.2, 0) is 11.8 Å². The van der Waals surface area contributed by atoms with Gasteiger partial charge >= 0.3 is 5.97 Å². The van der Waals surface area contributed by atoms with Gasteiger partial charge in [-0.25, -0.2) is 9.78 Å². The Balaban J connectivity index is 2.84. The Bertz CT molecular complexity index is 619. The molecular formula is C11H12ClN3O2. The van der Waals surface area contributed by atoms with Crippen LogP contribution in [0.2, 0.25) is 5.02 Å². The molecule has 0 spiro atoms. The Morgan fingerprint density at radius 3 is 2.82 bits per heavy atom. The molecule has 0 aliphatic rings. The number of carbonyl (C=O) groups excluding carboxylic acids is 1. The van der Waals surface area contributed by atoms with Gasteiger partial charge in [0.05, 0.1) is 34.4 Å². The van der Waals surface area contributed by atoms with Gasteiger partial charge in [0.25, 0.3) is 0 Å². The zero-order valence-corrected chi connectivity index (χ0v) is 10.5. The van der Waals surface area contributed by atoms with Gasteiger partial charge in [0, 0.05) is 7.05 Å². The molecule has 0 unspecified atom stereocenters. The maximum atomic E-state index is 11.5. The van der Waals surface area contributed by atoms with Crippen molar-refractivity contribution in [3.63, 3.8) is 0 Å². The average molecular weight is 254 g/mol. The number of nitrogen functional groups attached to an aromatic ring is 1. The summed E-state index contributed by atoms with van der Waals surface area (Å²) in [4.78, 5) is 15.8. The number of benzene rings is 1. The first-order valence-corrected chi connectivity index (χ1v) is 5.34. The lowest BCUT2D eigenvalue weighted by Gasteiger charge is -2.07. The summed E-state index contributed by atoms with van der Waals surface area (Å²) in [5.74, 6) is 0.276. The first-order chi connectivity index (χ1) is 7.97. The zero-order valence-electron chi connectivity index (χ0n) is 9.74. The monoisotopic (exact) mass is 253 g/mol. The van der Waals surface area contributed by atoms with Crippen LogP contribution >= 0.6 is 11.6 Å². The number of hydrogen-bond donors (Lipinski definition) is 1. The number of carbonyl (C=O) groups is 1. The van der Waals surface area contributed by atoms with Crippen LogP contribution in [0.5, 0.6) is 0 Å². The number of nitrogens with two attached hydrogens (primary N) is 1. The first-order valence-electron chi connectivity index (χ1n) is 4.96. The van der Waals surface area contributed by atoms with Gasteiger partial charge in [-0.05, 0) is 13.0 Å². The summed E-state index contributed by atoms with van der Waals surface area (Å²) in [7, 11) is 3.14. The zero-order chi connectivity index (χ0) is 12.7. The van der Waals surface area contributed by atoms with Crippen LogP contribution in [0.4, 0.5) is 5.69 Å². The number of hydrogen-bond acceptors (Lipinski definition) is 4. The van der Waals surface area contributed by atoms with Crippen molar-refractivity contribution in [3.05, 3.63) is 22.5 Å². The highest BCUT2D eigenvalue weighted by atomic mass is 35.5. The number of rotatable bonds is 1. The van der Waals surface area contributed by atoms with Gasteiger partial charge in [0.15, 0.2) is 0 Å².